The highest BCUT2D eigenvalue weighted by molar-refractivity contribution is 7.15. The van der Waals surface area contributed by atoms with Crippen LogP contribution in [0.5, 0.6) is 0 Å². The predicted molar refractivity (Wildman–Crippen MR) is 97.0 cm³/mol. The fourth-order valence-electron chi connectivity index (χ4n) is 3.01. The molecule has 1 aliphatic carbocycles. The molecule has 0 amide bonds. The largest absolute Gasteiger partial charge is 0.374 e. The van der Waals surface area contributed by atoms with Gasteiger partial charge in [-0.3, -0.25) is 4.90 Å². The van der Waals surface area contributed by atoms with Gasteiger partial charge in [0, 0.05) is 37.1 Å². The molecule has 1 saturated heterocycles. The van der Waals surface area contributed by atoms with Crippen molar-refractivity contribution in [2.45, 2.75) is 31.4 Å². The maximum Gasteiger partial charge on any atom is 0.205 e. The average molecular weight is 365 g/mol. The van der Waals surface area contributed by atoms with Gasteiger partial charge in [-0.2, -0.15) is 0 Å². The molecular weight excluding hydrogens is 344 g/mol. The normalized spacial score (nSPS) is 21.8. The van der Waals surface area contributed by atoms with Crippen molar-refractivity contribution in [2.24, 2.45) is 0 Å². The van der Waals surface area contributed by atoms with Gasteiger partial charge in [-0.15, -0.1) is 10.2 Å². The first kappa shape index (κ1) is 16.3. The van der Waals surface area contributed by atoms with Crippen LogP contribution in [-0.4, -0.2) is 53.5 Å². The first-order valence-electron chi connectivity index (χ1n) is 8.42. The van der Waals surface area contributed by atoms with Crippen LogP contribution in [0.25, 0.3) is 0 Å². The number of halogens is 1. The summed E-state index contributed by atoms with van der Waals surface area (Å²) in [4.78, 5) is 2.56. The van der Waals surface area contributed by atoms with Gasteiger partial charge in [0.1, 0.15) is 5.01 Å². The number of morpholine rings is 1. The second kappa shape index (κ2) is 7.35. The van der Waals surface area contributed by atoms with E-state index in [1.54, 1.807) is 11.3 Å². The minimum atomic E-state index is 0.239. The summed E-state index contributed by atoms with van der Waals surface area (Å²) >= 11 is 7.52. The molecule has 2 fully saturated rings. The zero-order chi connectivity index (χ0) is 16.4. The van der Waals surface area contributed by atoms with E-state index in [9.17, 15) is 0 Å². The van der Waals surface area contributed by atoms with E-state index in [2.05, 4.69) is 20.4 Å². The van der Waals surface area contributed by atoms with Crippen LogP contribution in [0.4, 0.5) is 5.13 Å². The lowest BCUT2D eigenvalue weighted by Crippen LogP contribution is -2.46. The van der Waals surface area contributed by atoms with E-state index in [1.807, 2.05) is 24.3 Å². The zero-order valence-corrected chi connectivity index (χ0v) is 15.0. The predicted octanol–water partition coefficient (Wildman–Crippen LogP) is 3.06. The number of hydrogen-bond donors (Lipinski definition) is 1. The maximum absolute atomic E-state index is 5.92. The summed E-state index contributed by atoms with van der Waals surface area (Å²) in [6.45, 7) is 3.72. The number of anilines is 1. The number of rotatable bonds is 6. The molecule has 1 saturated carbocycles. The van der Waals surface area contributed by atoms with Crippen molar-refractivity contribution in [3.63, 3.8) is 0 Å². The van der Waals surface area contributed by atoms with Crippen molar-refractivity contribution in [1.29, 1.82) is 0 Å². The third-order valence-electron chi connectivity index (χ3n) is 4.45. The van der Waals surface area contributed by atoms with Crippen LogP contribution in [0.15, 0.2) is 24.3 Å². The molecule has 0 radical (unpaired) electrons. The van der Waals surface area contributed by atoms with Crippen LogP contribution in [0, 0.1) is 0 Å². The van der Waals surface area contributed by atoms with Crippen LogP contribution in [-0.2, 0) is 11.2 Å². The van der Waals surface area contributed by atoms with Gasteiger partial charge in [-0.1, -0.05) is 35.1 Å². The van der Waals surface area contributed by atoms with Gasteiger partial charge >= 0.3 is 0 Å². The van der Waals surface area contributed by atoms with Crippen LogP contribution in [0.3, 0.4) is 0 Å². The fourth-order valence-corrected chi connectivity index (χ4v) is 3.92. The SMILES string of the molecule is Clc1ccc(Cc2nnc(NCC3CN(C4CC4)CCO3)s2)cc1. The lowest BCUT2D eigenvalue weighted by atomic mass is 10.2. The molecule has 128 valence electrons. The molecule has 4 rings (SSSR count). The molecule has 1 aliphatic heterocycles. The number of ether oxygens (including phenoxy) is 1. The zero-order valence-electron chi connectivity index (χ0n) is 13.4. The second-order valence-corrected chi connectivity index (χ2v) is 7.90. The molecule has 2 aromatic rings. The Bertz CT molecular complexity index is 673. The fraction of sp³-hybridized carbons (Fsp3) is 0.529. The van der Waals surface area contributed by atoms with Crippen molar-refractivity contribution in [3.8, 4) is 0 Å². The highest BCUT2D eigenvalue weighted by Gasteiger charge is 2.32. The summed E-state index contributed by atoms with van der Waals surface area (Å²) < 4.78 is 5.86. The lowest BCUT2D eigenvalue weighted by molar-refractivity contribution is -0.0241. The summed E-state index contributed by atoms with van der Waals surface area (Å²) in [6.07, 6.45) is 3.73. The van der Waals surface area contributed by atoms with Gasteiger partial charge in [0.25, 0.3) is 0 Å². The molecule has 7 heteroatoms. The highest BCUT2D eigenvalue weighted by Crippen LogP contribution is 2.28. The van der Waals surface area contributed by atoms with E-state index in [4.69, 9.17) is 16.3 Å². The van der Waals surface area contributed by atoms with E-state index in [-0.39, 0.29) is 6.10 Å². The van der Waals surface area contributed by atoms with Gasteiger partial charge in [-0.05, 0) is 30.5 Å². The minimum absolute atomic E-state index is 0.239. The molecule has 1 N–H and O–H groups in total. The third kappa shape index (κ3) is 4.25. The second-order valence-electron chi connectivity index (χ2n) is 6.40. The maximum atomic E-state index is 5.92. The van der Waals surface area contributed by atoms with Crippen LogP contribution < -0.4 is 5.32 Å². The molecule has 0 bridgehead atoms. The molecule has 1 aromatic carbocycles. The summed E-state index contributed by atoms with van der Waals surface area (Å²) in [5, 5.41) is 14.5. The Balaban J connectivity index is 1.28. The van der Waals surface area contributed by atoms with Gasteiger partial charge < -0.3 is 10.1 Å². The van der Waals surface area contributed by atoms with Crippen molar-refractivity contribution in [2.75, 3.05) is 31.6 Å². The van der Waals surface area contributed by atoms with Crippen LogP contribution >= 0.6 is 22.9 Å². The molecule has 2 heterocycles. The Kier molecular flexibility index (Phi) is 4.98. The van der Waals surface area contributed by atoms with E-state index >= 15 is 0 Å². The lowest BCUT2D eigenvalue weighted by Gasteiger charge is -2.32. The Morgan fingerprint density at radius 2 is 2.08 bits per heavy atom. The average Bonchev–Trinajstić information content (AvgIpc) is 3.36. The first-order valence-corrected chi connectivity index (χ1v) is 9.62. The van der Waals surface area contributed by atoms with Gasteiger partial charge in [0.2, 0.25) is 5.13 Å². The summed E-state index contributed by atoms with van der Waals surface area (Å²) in [5.41, 5.74) is 1.19. The van der Waals surface area contributed by atoms with Crippen molar-refractivity contribution < 1.29 is 4.74 Å². The van der Waals surface area contributed by atoms with E-state index in [0.29, 0.717) is 0 Å². The molecule has 0 spiro atoms. The van der Waals surface area contributed by atoms with E-state index < -0.39 is 0 Å². The summed E-state index contributed by atoms with van der Waals surface area (Å²) in [5.74, 6) is 0. The Labute approximate surface area is 151 Å². The minimum Gasteiger partial charge on any atom is -0.374 e. The third-order valence-corrected chi connectivity index (χ3v) is 5.58. The Hall–Kier alpha value is -1.21. The Morgan fingerprint density at radius 1 is 1.25 bits per heavy atom. The summed E-state index contributed by atoms with van der Waals surface area (Å²) in [7, 11) is 0. The molecule has 5 nitrogen and oxygen atoms in total. The van der Waals surface area contributed by atoms with E-state index in [1.165, 1.54) is 18.4 Å². The monoisotopic (exact) mass is 364 g/mol. The number of nitrogens with zero attached hydrogens (tertiary/aromatic N) is 3. The smallest absolute Gasteiger partial charge is 0.205 e. The van der Waals surface area contributed by atoms with Gasteiger partial charge in [-0.25, -0.2) is 0 Å². The van der Waals surface area contributed by atoms with Crippen molar-refractivity contribution in [3.05, 3.63) is 39.9 Å². The molecular formula is C17H21ClN4OS. The number of nitrogens with one attached hydrogen (secondary N) is 1. The van der Waals surface area contributed by atoms with Gasteiger partial charge in [0.05, 0.1) is 12.7 Å². The molecule has 2 aliphatic rings. The Morgan fingerprint density at radius 3 is 2.88 bits per heavy atom. The van der Waals surface area contributed by atoms with Crippen molar-refractivity contribution in [1.82, 2.24) is 15.1 Å². The van der Waals surface area contributed by atoms with Crippen molar-refractivity contribution >= 4 is 28.1 Å². The molecule has 24 heavy (non-hydrogen) atoms. The molecule has 1 aromatic heterocycles. The number of aromatic nitrogens is 2. The van der Waals surface area contributed by atoms with Crippen LogP contribution in [0.2, 0.25) is 5.02 Å². The first-order chi connectivity index (χ1) is 11.8. The quantitative estimate of drug-likeness (QED) is 0.853. The van der Waals surface area contributed by atoms with Gasteiger partial charge in [0.15, 0.2) is 0 Å². The van der Waals surface area contributed by atoms with E-state index in [0.717, 1.165) is 53.9 Å². The number of hydrogen-bond acceptors (Lipinski definition) is 6. The molecule has 1 atom stereocenters. The topological polar surface area (TPSA) is 50.3 Å². The molecule has 1 unspecified atom stereocenters. The standard InChI is InChI=1S/C17H21ClN4OS/c18-13-3-1-12(2-4-13)9-16-20-21-17(24-16)19-10-15-11-22(7-8-23-15)14-5-6-14/h1-4,14-15H,5-11H2,(H,19,21). The summed E-state index contributed by atoms with van der Waals surface area (Å²) in [6, 6.07) is 8.67. The highest BCUT2D eigenvalue weighted by atomic mass is 35.5. The number of benzene rings is 1. The van der Waals surface area contributed by atoms with Crippen LogP contribution in [0.1, 0.15) is 23.4 Å².